The molecule has 8 nitrogen and oxygen atoms in total. The van der Waals surface area contributed by atoms with Crippen molar-refractivity contribution in [1.29, 1.82) is 0 Å². The molecule has 1 aliphatic heterocycles. The first-order chi connectivity index (χ1) is 17.8. The first-order valence-electron chi connectivity index (χ1n) is 12.3. The van der Waals surface area contributed by atoms with E-state index in [-0.39, 0.29) is 11.8 Å². The zero-order chi connectivity index (χ0) is 26.3. The largest absolute Gasteiger partial charge is 0.497 e. The van der Waals surface area contributed by atoms with E-state index in [0.29, 0.717) is 36.2 Å². The number of hydrogen-bond acceptors (Lipinski definition) is 6. The minimum Gasteiger partial charge on any atom is -0.497 e. The van der Waals surface area contributed by atoms with E-state index >= 15 is 0 Å². The predicted molar refractivity (Wildman–Crippen MR) is 142 cm³/mol. The molecular formula is C29H31N5O3. The van der Waals surface area contributed by atoms with Crippen molar-refractivity contribution in [1.82, 2.24) is 19.7 Å². The molecule has 8 heteroatoms. The molecule has 0 unspecified atom stereocenters. The highest BCUT2D eigenvalue weighted by Crippen LogP contribution is 2.46. The van der Waals surface area contributed by atoms with Crippen molar-refractivity contribution in [2.45, 2.75) is 46.6 Å². The quantitative estimate of drug-likeness (QED) is 0.374. The van der Waals surface area contributed by atoms with Crippen LogP contribution >= 0.6 is 0 Å². The maximum atomic E-state index is 13.9. The summed E-state index contributed by atoms with van der Waals surface area (Å²) in [5.74, 6) is 2.28. The van der Waals surface area contributed by atoms with E-state index in [4.69, 9.17) is 14.6 Å². The molecule has 0 spiro atoms. The standard InChI is InChI=1S/C29H31N5O3/c1-17-8-7-9-21(12-17)16-33-26(35)15-24(23-11-10-22(36-5)14-25(23)37-6)27-20(4)32-34(28(27)33)29-30-18(2)13-19(3)31-29/h7-14,24H,15-16H2,1-6H3/t24-/m1/s1. The van der Waals surface area contributed by atoms with Gasteiger partial charge in [-0.1, -0.05) is 35.9 Å². The molecule has 1 aliphatic rings. The number of rotatable bonds is 6. The number of carbonyl (C=O) groups excluding carboxylic acids is 1. The first-order valence-corrected chi connectivity index (χ1v) is 12.3. The van der Waals surface area contributed by atoms with Gasteiger partial charge in [-0.25, -0.2) is 9.97 Å². The van der Waals surface area contributed by atoms with E-state index in [0.717, 1.165) is 39.3 Å². The summed E-state index contributed by atoms with van der Waals surface area (Å²) in [4.78, 5) is 25.0. The maximum Gasteiger partial charge on any atom is 0.252 e. The number of anilines is 1. The Morgan fingerprint density at radius 2 is 1.70 bits per heavy atom. The average molecular weight is 498 g/mol. The van der Waals surface area contributed by atoms with Gasteiger partial charge in [-0.3, -0.25) is 9.69 Å². The molecule has 2 aromatic heterocycles. The summed E-state index contributed by atoms with van der Waals surface area (Å²) in [6.07, 6.45) is 0.293. The number of hydrogen-bond donors (Lipinski definition) is 0. The third-order valence-electron chi connectivity index (χ3n) is 6.76. The van der Waals surface area contributed by atoms with Gasteiger partial charge in [0.1, 0.15) is 17.3 Å². The number of ether oxygens (including phenoxy) is 2. The van der Waals surface area contributed by atoms with E-state index in [1.165, 1.54) is 0 Å². The summed E-state index contributed by atoms with van der Waals surface area (Å²) in [6, 6.07) is 15.9. The topological polar surface area (TPSA) is 82.4 Å². The SMILES string of the molecule is COc1ccc([C@H]2CC(=O)N(Cc3cccc(C)c3)c3c2c(C)nn3-c2nc(C)cc(C)n2)c(OC)c1. The Morgan fingerprint density at radius 3 is 2.38 bits per heavy atom. The lowest BCUT2D eigenvalue weighted by Crippen LogP contribution is -2.38. The van der Waals surface area contributed by atoms with Crippen molar-refractivity contribution in [2.75, 3.05) is 19.1 Å². The zero-order valence-corrected chi connectivity index (χ0v) is 22.1. The highest BCUT2D eigenvalue weighted by Gasteiger charge is 2.39. The normalized spacial score (nSPS) is 15.0. The summed E-state index contributed by atoms with van der Waals surface area (Å²) < 4.78 is 12.9. The van der Waals surface area contributed by atoms with Crippen LogP contribution in [0.25, 0.3) is 5.95 Å². The summed E-state index contributed by atoms with van der Waals surface area (Å²) in [7, 11) is 3.26. The monoisotopic (exact) mass is 497 g/mol. The molecule has 0 saturated carbocycles. The fraction of sp³-hybridized carbons (Fsp3) is 0.310. The van der Waals surface area contributed by atoms with Crippen LogP contribution in [0.5, 0.6) is 11.5 Å². The Balaban J connectivity index is 1.72. The van der Waals surface area contributed by atoms with Crippen LogP contribution in [0.1, 0.15) is 51.7 Å². The molecule has 1 atom stereocenters. The Labute approximate surface area is 216 Å². The molecule has 0 radical (unpaired) electrons. The van der Waals surface area contributed by atoms with E-state index < -0.39 is 0 Å². The summed E-state index contributed by atoms with van der Waals surface area (Å²) in [5.41, 5.74) is 6.57. The third kappa shape index (κ3) is 4.55. The summed E-state index contributed by atoms with van der Waals surface area (Å²) >= 11 is 0. The van der Waals surface area contributed by atoms with Crippen molar-refractivity contribution in [3.63, 3.8) is 0 Å². The highest BCUT2D eigenvalue weighted by atomic mass is 16.5. The zero-order valence-electron chi connectivity index (χ0n) is 22.1. The Kier molecular flexibility index (Phi) is 6.41. The fourth-order valence-corrected chi connectivity index (χ4v) is 5.17. The van der Waals surface area contributed by atoms with Gasteiger partial charge in [0.25, 0.3) is 5.95 Å². The van der Waals surface area contributed by atoms with Crippen LogP contribution < -0.4 is 14.4 Å². The lowest BCUT2D eigenvalue weighted by atomic mass is 9.84. The molecule has 0 N–H and O–H groups in total. The van der Waals surface area contributed by atoms with Crippen LogP contribution in [0.3, 0.4) is 0 Å². The second-order valence-electron chi connectivity index (χ2n) is 9.52. The minimum atomic E-state index is -0.239. The van der Waals surface area contributed by atoms with Crippen molar-refractivity contribution in [3.8, 4) is 17.4 Å². The van der Waals surface area contributed by atoms with Crippen molar-refractivity contribution in [2.24, 2.45) is 0 Å². The number of methoxy groups -OCH3 is 2. The molecule has 0 fully saturated rings. The molecular weight excluding hydrogens is 466 g/mol. The smallest absolute Gasteiger partial charge is 0.252 e. The lowest BCUT2D eigenvalue weighted by Gasteiger charge is -2.33. The predicted octanol–water partition coefficient (Wildman–Crippen LogP) is 4.98. The van der Waals surface area contributed by atoms with Gasteiger partial charge in [0.05, 0.1) is 26.5 Å². The number of benzene rings is 2. The molecule has 2 aromatic carbocycles. The average Bonchev–Trinajstić information content (AvgIpc) is 3.22. The van der Waals surface area contributed by atoms with Gasteiger partial charge in [0, 0.05) is 40.9 Å². The molecule has 0 aliphatic carbocycles. The van der Waals surface area contributed by atoms with E-state index in [2.05, 4.69) is 29.0 Å². The van der Waals surface area contributed by atoms with Crippen LogP contribution in [-0.4, -0.2) is 39.9 Å². The third-order valence-corrected chi connectivity index (χ3v) is 6.76. The highest BCUT2D eigenvalue weighted by molar-refractivity contribution is 5.97. The lowest BCUT2D eigenvalue weighted by molar-refractivity contribution is -0.119. The maximum absolute atomic E-state index is 13.9. The van der Waals surface area contributed by atoms with Gasteiger partial charge in [-0.05, 0) is 45.4 Å². The molecule has 0 saturated heterocycles. The van der Waals surface area contributed by atoms with Crippen LogP contribution in [0.2, 0.25) is 0 Å². The summed E-state index contributed by atoms with van der Waals surface area (Å²) in [5, 5.41) is 4.89. The number of aromatic nitrogens is 4. The Morgan fingerprint density at radius 1 is 0.946 bits per heavy atom. The second-order valence-corrected chi connectivity index (χ2v) is 9.52. The molecule has 3 heterocycles. The number of fused-ring (bicyclic) bond motifs is 1. The Hall–Kier alpha value is -4.20. The fourth-order valence-electron chi connectivity index (χ4n) is 5.17. The van der Waals surface area contributed by atoms with Crippen LogP contribution in [0, 0.1) is 27.7 Å². The van der Waals surface area contributed by atoms with Gasteiger partial charge in [-0.2, -0.15) is 9.78 Å². The van der Waals surface area contributed by atoms with Crippen LogP contribution in [-0.2, 0) is 11.3 Å². The number of nitrogens with zero attached hydrogens (tertiary/aromatic N) is 5. The van der Waals surface area contributed by atoms with Gasteiger partial charge >= 0.3 is 0 Å². The van der Waals surface area contributed by atoms with E-state index in [1.54, 1.807) is 18.9 Å². The first kappa shape index (κ1) is 24.5. The molecule has 37 heavy (non-hydrogen) atoms. The minimum absolute atomic E-state index is 0.00222. The van der Waals surface area contributed by atoms with Crippen LogP contribution in [0.15, 0.2) is 48.5 Å². The molecule has 190 valence electrons. The van der Waals surface area contributed by atoms with E-state index in [9.17, 15) is 4.79 Å². The molecule has 4 aromatic rings. The Bertz CT molecular complexity index is 1470. The second kappa shape index (κ2) is 9.69. The van der Waals surface area contributed by atoms with Crippen molar-refractivity contribution >= 4 is 11.7 Å². The summed E-state index contributed by atoms with van der Waals surface area (Å²) in [6.45, 7) is 8.32. The van der Waals surface area contributed by atoms with E-state index in [1.807, 2.05) is 62.1 Å². The number of aryl methyl sites for hydroxylation is 4. The van der Waals surface area contributed by atoms with Crippen molar-refractivity contribution in [3.05, 3.63) is 87.9 Å². The van der Waals surface area contributed by atoms with Gasteiger partial charge in [-0.15, -0.1) is 0 Å². The molecule has 5 rings (SSSR count). The van der Waals surface area contributed by atoms with Crippen molar-refractivity contribution < 1.29 is 14.3 Å². The van der Waals surface area contributed by atoms with Gasteiger partial charge in [0.15, 0.2) is 0 Å². The number of carbonyl (C=O) groups is 1. The molecule has 1 amide bonds. The van der Waals surface area contributed by atoms with Gasteiger partial charge < -0.3 is 9.47 Å². The van der Waals surface area contributed by atoms with Gasteiger partial charge in [0.2, 0.25) is 5.91 Å². The number of amides is 1. The van der Waals surface area contributed by atoms with Crippen LogP contribution in [0.4, 0.5) is 5.82 Å². The molecule has 0 bridgehead atoms.